The maximum Gasteiger partial charge on any atom is 0.200 e. The van der Waals surface area contributed by atoms with Gasteiger partial charge in [-0.05, 0) is 24.3 Å². The number of benzene rings is 1. The van der Waals surface area contributed by atoms with E-state index in [0.717, 1.165) is 17.5 Å². The largest absolute Gasteiger partial charge is 0.485 e. The third-order valence-electron chi connectivity index (χ3n) is 2.69. The van der Waals surface area contributed by atoms with Gasteiger partial charge in [-0.2, -0.15) is 4.39 Å². The Morgan fingerprint density at radius 3 is 2.65 bits per heavy atom. The summed E-state index contributed by atoms with van der Waals surface area (Å²) in [5.41, 5.74) is 0. The number of rotatable bonds is 6. The monoisotopic (exact) mass is 297 g/mol. The first kappa shape index (κ1) is 14.9. The molecular weight excluding hydrogens is 280 g/mol. The molecule has 2 rings (SSSR count). The summed E-state index contributed by atoms with van der Waals surface area (Å²) < 4.78 is 31.8. The van der Waals surface area contributed by atoms with Crippen molar-refractivity contribution in [2.75, 3.05) is 0 Å². The summed E-state index contributed by atoms with van der Waals surface area (Å²) in [7, 11) is 0. The molecular formula is C15H17F2NOS. The van der Waals surface area contributed by atoms with Crippen LogP contribution in [-0.2, 0) is 13.2 Å². The van der Waals surface area contributed by atoms with Gasteiger partial charge in [-0.3, -0.25) is 0 Å². The van der Waals surface area contributed by atoms with Crippen LogP contribution in [0, 0.1) is 11.6 Å². The van der Waals surface area contributed by atoms with Crippen molar-refractivity contribution >= 4 is 11.3 Å². The molecule has 2 nitrogen and oxygen atoms in total. The lowest BCUT2D eigenvalue weighted by Gasteiger charge is -2.06. The van der Waals surface area contributed by atoms with Gasteiger partial charge in [0.15, 0.2) is 11.6 Å². The Bertz CT molecular complexity index is 569. The van der Waals surface area contributed by atoms with Crippen LogP contribution in [0.2, 0.25) is 0 Å². The van der Waals surface area contributed by atoms with E-state index < -0.39 is 11.6 Å². The van der Waals surface area contributed by atoms with Crippen LogP contribution in [0.3, 0.4) is 0 Å². The number of nitrogens with one attached hydrogen (secondary N) is 1. The van der Waals surface area contributed by atoms with E-state index in [0.29, 0.717) is 6.04 Å². The molecule has 20 heavy (non-hydrogen) atoms. The maximum atomic E-state index is 13.4. The van der Waals surface area contributed by atoms with E-state index in [2.05, 4.69) is 19.2 Å². The molecule has 0 fully saturated rings. The third-order valence-corrected chi connectivity index (χ3v) is 3.75. The number of halogens is 2. The first-order chi connectivity index (χ1) is 9.56. The lowest BCUT2D eigenvalue weighted by Crippen LogP contribution is -2.21. The van der Waals surface area contributed by atoms with Gasteiger partial charge in [0, 0.05) is 22.3 Å². The highest BCUT2D eigenvalue weighted by Crippen LogP contribution is 2.22. The summed E-state index contributed by atoms with van der Waals surface area (Å²) in [6.45, 7) is 5.22. The van der Waals surface area contributed by atoms with Crippen LogP contribution in [0.15, 0.2) is 30.3 Å². The van der Waals surface area contributed by atoms with Crippen LogP contribution in [-0.4, -0.2) is 6.04 Å². The van der Waals surface area contributed by atoms with Crippen molar-refractivity contribution in [2.24, 2.45) is 0 Å². The van der Waals surface area contributed by atoms with Crippen molar-refractivity contribution in [1.29, 1.82) is 0 Å². The van der Waals surface area contributed by atoms with Crippen molar-refractivity contribution in [2.45, 2.75) is 33.0 Å². The van der Waals surface area contributed by atoms with Crippen molar-refractivity contribution in [3.63, 3.8) is 0 Å². The fourth-order valence-corrected chi connectivity index (χ4v) is 2.53. The Hall–Kier alpha value is -1.46. The van der Waals surface area contributed by atoms with E-state index in [9.17, 15) is 8.78 Å². The molecule has 0 bridgehead atoms. The number of hydrogen-bond acceptors (Lipinski definition) is 3. The van der Waals surface area contributed by atoms with Gasteiger partial charge in [-0.1, -0.05) is 19.9 Å². The Balaban J connectivity index is 1.92. The van der Waals surface area contributed by atoms with Gasteiger partial charge in [0.25, 0.3) is 0 Å². The normalized spacial score (nSPS) is 11.1. The molecule has 0 radical (unpaired) electrons. The molecule has 1 aromatic carbocycles. The van der Waals surface area contributed by atoms with Gasteiger partial charge in [-0.25, -0.2) is 4.39 Å². The first-order valence-corrected chi connectivity index (χ1v) is 7.25. The second-order valence-electron chi connectivity index (χ2n) is 4.74. The summed E-state index contributed by atoms with van der Waals surface area (Å²) >= 11 is 1.60. The van der Waals surface area contributed by atoms with Gasteiger partial charge >= 0.3 is 0 Å². The molecule has 108 valence electrons. The van der Waals surface area contributed by atoms with Gasteiger partial charge in [0.1, 0.15) is 6.61 Å². The van der Waals surface area contributed by atoms with Crippen molar-refractivity contribution in [1.82, 2.24) is 5.32 Å². The molecule has 0 unspecified atom stereocenters. The lowest BCUT2D eigenvalue weighted by atomic mass is 10.3. The maximum absolute atomic E-state index is 13.4. The summed E-state index contributed by atoms with van der Waals surface area (Å²) in [5, 5.41) is 3.33. The molecule has 0 atom stereocenters. The molecule has 0 spiro atoms. The SMILES string of the molecule is CC(C)NCc1ccc(COc2cccc(F)c2F)s1. The summed E-state index contributed by atoms with van der Waals surface area (Å²) in [5.74, 6) is -1.89. The lowest BCUT2D eigenvalue weighted by molar-refractivity contribution is 0.287. The number of ether oxygens (including phenoxy) is 1. The summed E-state index contributed by atoms with van der Waals surface area (Å²) in [6, 6.07) is 8.31. The van der Waals surface area contributed by atoms with Gasteiger partial charge in [0.2, 0.25) is 5.82 Å². The zero-order chi connectivity index (χ0) is 14.5. The van der Waals surface area contributed by atoms with E-state index in [1.165, 1.54) is 17.0 Å². The van der Waals surface area contributed by atoms with E-state index in [1.54, 1.807) is 11.3 Å². The van der Waals surface area contributed by atoms with Crippen LogP contribution < -0.4 is 10.1 Å². The molecule has 2 aromatic rings. The van der Waals surface area contributed by atoms with Crippen LogP contribution >= 0.6 is 11.3 Å². The minimum Gasteiger partial charge on any atom is -0.485 e. The predicted octanol–water partition coefficient (Wildman–Crippen LogP) is 4.10. The van der Waals surface area contributed by atoms with Crippen LogP contribution in [0.1, 0.15) is 23.6 Å². The standard InChI is InChI=1S/C15H17F2NOS/c1-10(2)18-8-11-6-7-12(20-11)9-19-14-5-3-4-13(16)15(14)17/h3-7,10,18H,8-9H2,1-2H3. The molecule has 1 aromatic heterocycles. The minimum absolute atomic E-state index is 0.0553. The van der Waals surface area contributed by atoms with E-state index in [4.69, 9.17) is 4.74 Å². The fourth-order valence-electron chi connectivity index (χ4n) is 1.64. The second-order valence-corrected chi connectivity index (χ2v) is 6.00. The van der Waals surface area contributed by atoms with Crippen molar-refractivity contribution in [3.05, 3.63) is 51.7 Å². The molecule has 0 aliphatic heterocycles. The molecule has 5 heteroatoms. The Morgan fingerprint density at radius 2 is 1.90 bits per heavy atom. The van der Waals surface area contributed by atoms with E-state index >= 15 is 0 Å². The molecule has 0 amide bonds. The van der Waals surface area contributed by atoms with Gasteiger partial charge < -0.3 is 10.1 Å². The number of hydrogen-bond donors (Lipinski definition) is 1. The van der Waals surface area contributed by atoms with Gasteiger partial charge in [0.05, 0.1) is 0 Å². The highest BCUT2D eigenvalue weighted by molar-refractivity contribution is 7.11. The highest BCUT2D eigenvalue weighted by Gasteiger charge is 2.09. The molecule has 1 heterocycles. The topological polar surface area (TPSA) is 21.3 Å². The highest BCUT2D eigenvalue weighted by atomic mass is 32.1. The van der Waals surface area contributed by atoms with E-state index in [1.807, 2.05) is 12.1 Å². The van der Waals surface area contributed by atoms with Crippen LogP contribution in [0.25, 0.3) is 0 Å². The number of thiophene rings is 1. The molecule has 0 aliphatic rings. The average Bonchev–Trinajstić information content (AvgIpc) is 2.86. The molecule has 0 aliphatic carbocycles. The molecule has 0 saturated carbocycles. The zero-order valence-electron chi connectivity index (χ0n) is 11.5. The van der Waals surface area contributed by atoms with Crippen molar-refractivity contribution < 1.29 is 13.5 Å². The van der Waals surface area contributed by atoms with Crippen LogP contribution in [0.4, 0.5) is 8.78 Å². The van der Waals surface area contributed by atoms with Crippen molar-refractivity contribution in [3.8, 4) is 5.75 Å². The quantitative estimate of drug-likeness (QED) is 0.866. The first-order valence-electron chi connectivity index (χ1n) is 6.44. The fraction of sp³-hybridized carbons (Fsp3) is 0.333. The zero-order valence-corrected chi connectivity index (χ0v) is 12.3. The Kier molecular flexibility index (Phi) is 5.09. The summed E-state index contributed by atoms with van der Waals surface area (Å²) in [4.78, 5) is 2.17. The molecule has 1 N–H and O–H groups in total. The molecule has 0 saturated heterocycles. The van der Waals surface area contributed by atoms with E-state index in [-0.39, 0.29) is 12.4 Å². The summed E-state index contributed by atoms with van der Waals surface area (Å²) in [6.07, 6.45) is 0. The minimum atomic E-state index is -0.939. The Morgan fingerprint density at radius 1 is 1.15 bits per heavy atom. The third kappa shape index (κ3) is 4.02. The smallest absolute Gasteiger partial charge is 0.200 e. The predicted molar refractivity (Wildman–Crippen MR) is 77.0 cm³/mol. The average molecular weight is 297 g/mol. The van der Waals surface area contributed by atoms with Gasteiger partial charge in [-0.15, -0.1) is 11.3 Å². The Labute approximate surface area is 121 Å². The van der Waals surface area contributed by atoms with Crippen LogP contribution in [0.5, 0.6) is 5.75 Å². The second kappa shape index (κ2) is 6.81.